The second kappa shape index (κ2) is 7.57. The molecule has 112 valence electrons. The highest BCUT2D eigenvalue weighted by Gasteiger charge is 2.07. The van der Waals surface area contributed by atoms with E-state index in [0.717, 1.165) is 33.6 Å². The van der Waals surface area contributed by atoms with Gasteiger partial charge in [-0.3, -0.25) is 4.98 Å². The van der Waals surface area contributed by atoms with Crippen molar-refractivity contribution in [2.75, 3.05) is 0 Å². The highest BCUT2D eigenvalue weighted by molar-refractivity contribution is 9.10. The first kappa shape index (κ1) is 16.0. The maximum Gasteiger partial charge on any atom is 0.127 e. The minimum Gasteiger partial charge on any atom is -0.488 e. The first-order valence-corrected chi connectivity index (χ1v) is 7.90. The number of nitrogens with zero attached hydrogens (tertiary/aromatic N) is 1. The molecule has 0 atom stereocenters. The Morgan fingerprint density at radius 2 is 2.00 bits per heavy atom. The number of nitrogens with one attached hydrogen (secondary N) is 1. The van der Waals surface area contributed by atoms with Crippen LogP contribution in [0, 0.1) is 6.92 Å². The van der Waals surface area contributed by atoms with Crippen LogP contribution in [0.4, 0.5) is 0 Å². The molecule has 0 saturated carbocycles. The molecule has 1 aromatic heterocycles. The summed E-state index contributed by atoms with van der Waals surface area (Å²) >= 11 is 3.55. The van der Waals surface area contributed by atoms with Gasteiger partial charge in [0.1, 0.15) is 12.4 Å². The van der Waals surface area contributed by atoms with Gasteiger partial charge in [-0.05, 0) is 13.0 Å². The molecule has 0 aliphatic heterocycles. The van der Waals surface area contributed by atoms with Crippen LogP contribution in [0.25, 0.3) is 0 Å². The standard InChI is InChI=1S/C17H21BrN2O/c1-12(2)19-9-15-10-20-13(3)8-17(15)21-11-14-6-4-5-7-16(14)18/h4-8,10,12,19H,9,11H2,1-3H3. The van der Waals surface area contributed by atoms with Gasteiger partial charge in [0.25, 0.3) is 0 Å². The molecule has 1 N–H and O–H groups in total. The van der Waals surface area contributed by atoms with Crippen molar-refractivity contribution in [2.45, 2.75) is 40.0 Å². The number of ether oxygens (including phenoxy) is 1. The van der Waals surface area contributed by atoms with Crippen molar-refractivity contribution >= 4 is 15.9 Å². The second-order valence-electron chi connectivity index (χ2n) is 5.35. The van der Waals surface area contributed by atoms with Crippen molar-refractivity contribution in [3.05, 3.63) is 57.8 Å². The third-order valence-electron chi connectivity index (χ3n) is 3.12. The fraction of sp³-hybridized carbons (Fsp3) is 0.353. The van der Waals surface area contributed by atoms with E-state index in [9.17, 15) is 0 Å². The molecular weight excluding hydrogens is 328 g/mol. The van der Waals surface area contributed by atoms with Crippen LogP contribution in [0.15, 0.2) is 41.0 Å². The number of pyridine rings is 1. The highest BCUT2D eigenvalue weighted by Crippen LogP contribution is 2.22. The lowest BCUT2D eigenvalue weighted by Crippen LogP contribution is -2.22. The molecule has 2 rings (SSSR count). The van der Waals surface area contributed by atoms with Crippen molar-refractivity contribution < 1.29 is 4.74 Å². The lowest BCUT2D eigenvalue weighted by molar-refractivity contribution is 0.300. The van der Waals surface area contributed by atoms with Crippen LogP contribution in [-0.4, -0.2) is 11.0 Å². The molecule has 0 radical (unpaired) electrons. The maximum atomic E-state index is 6.01. The van der Waals surface area contributed by atoms with E-state index < -0.39 is 0 Å². The van der Waals surface area contributed by atoms with E-state index in [4.69, 9.17) is 4.74 Å². The second-order valence-corrected chi connectivity index (χ2v) is 6.20. The fourth-order valence-corrected chi connectivity index (χ4v) is 2.31. The Morgan fingerprint density at radius 3 is 2.71 bits per heavy atom. The molecule has 0 amide bonds. The van der Waals surface area contributed by atoms with Gasteiger partial charge in [-0.15, -0.1) is 0 Å². The summed E-state index contributed by atoms with van der Waals surface area (Å²) in [5.41, 5.74) is 3.18. The zero-order valence-electron chi connectivity index (χ0n) is 12.7. The van der Waals surface area contributed by atoms with Gasteiger partial charge < -0.3 is 10.1 Å². The van der Waals surface area contributed by atoms with Crippen molar-refractivity contribution in [1.29, 1.82) is 0 Å². The zero-order valence-corrected chi connectivity index (χ0v) is 14.3. The molecule has 3 nitrogen and oxygen atoms in total. The molecule has 0 aliphatic carbocycles. The summed E-state index contributed by atoms with van der Waals surface area (Å²) in [6.45, 7) is 7.53. The van der Waals surface area contributed by atoms with Crippen molar-refractivity contribution in [1.82, 2.24) is 10.3 Å². The number of aromatic nitrogens is 1. The predicted molar refractivity (Wildman–Crippen MR) is 89.4 cm³/mol. The minimum atomic E-state index is 0.433. The summed E-state index contributed by atoms with van der Waals surface area (Å²) in [5.74, 6) is 0.895. The van der Waals surface area contributed by atoms with Gasteiger partial charge in [0, 0.05) is 46.1 Å². The van der Waals surface area contributed by atoms with Crippen LogP contribution >= 0.6 is 15.9 Å². The monoisotopic (exact) mass is 348 g/mol. The van der Waals surface area contributed by atoms with Crippen molar-refractivity contribution in [2.24, 2.45) is 0 Å². The summed E-state index contributed by atoms with van der Waals surface area (Å²) in [6.07, 6.45) is 1.89. The van der Waals surface area contributed by atoms with E-state index in [0.29, 0.717) is 12.6 Å². The van der Waals surface area contributed by atoms with Gasteiger partial charge in [0.2, 0.25) is 0 Å². The lowest BCUT2D eigenvalue weighted by Gasteiger charge is -2.14. The molecule has 4 heteroatoms. The van der Waals surface area contributed by atoms with Gasteiger partial charge in [-0.2, -0.15) is 0 Å². The lowest BCUT2D eigenvalue weighted by atomic mass is 10.2. The Balaban J connectivity index is 2.11. The van der Waals surface area contributed by atoms with Crippen molar-refractivity contribution in [3.8, 4) is 5.75 Å². The summed E-state index contributed by atoms with van der Waals surface area (Å²) < 4.78 is 7.07. The molecule has 0 saturated heterocycles. The average molecular weight is 349 g/mol. The summed E-state index contributed by atoms with van der Waals surface area (Å²) in [6, 6.07) is 10.5. The molecule has 0 bridgehead atoms. The van der Waals surface area contributed by atoms with Crippen LogP contribution in [0.5, 0.6) is 5.75 Å². The van der Waals surface area contributed by atoms with E-state index in [-0.39, 0.29) is 0 Å². The summed E-state index contributed by atoms with van der Waals surface area (Å²) in [5, 5.41) is 3.40. The predicted octanol–water partition coefficient (Wildman–Crippen LogP) is 4.23. The highest BCUT2D eigenvalue weighted by atomic mass is 79.9. The number of rotatable bonds is 6. The number of hydrogen-bond acceptors (Lipinski definition) is 3. The Kier molecular flexibility index (Phi) is 5.76. The number of hydrogen-bond donors (Lipinski definition) is 1. The van der Waals surface area contributed by atoms with E-state index in [1.807, 2.05) is 37.4 Å². The molecule has 0 spiro atoms. The Morgan fingerprint density at radius 1 is 1.24 bits per heavy atom. The molecule has 1 heterocycles. The van der Waals surface area contributed by atoms with Gasteiger partial charge in [-0.1, -0.05) is 48.0 Å². The average Bonchev–Trinajstić information content (AvgIpc) is 2.45. The number of halogens is 1. The van der Waals surface area contributed by atoms with Crippen LogP contribution in [0.3, 0.4) is 0 Å². The molecule has 0 unspecified atom stereocenters. The van der Waals surface area contributed by atoms with Crippen LogP contribution in [0.1, 0.15) is 30.7 Å². The first-order chi connectivity index (χ1) is 10.1. The van der Waals surface area contributed by atoms with E-state index in [2.05, 4.69) is 46.1 Å². The van der Waals surface area contributed by atoms with Crippen LogP contribution in [0.2, 0.25) is 0 Å². The Bertz CT molecular complexity index is 599. The normalized spacial score (nSPS) is 10.9. The van der Waals surface area contributed by atoms with Gasteiger partial charge >= 0.3 is 0 Å². The molecule has 0 fully saturated rings. The largest absolute Gasteiger partial charge is 0.488 e. The molecule has 2 aromatic rings. The molecule has 21 heavy (non-hydrogen) atoms. The quantitative estimate of drug-likeness (QED) is 0.848. The van der Waals surface area contributed by atoms with Crippen molar-refractivity contribution in [3.63, 3.8) is 0 Å². The summed E-state index contributed by atoms with van der Waals surface area (Å²) in [7, 11) is 0. The van der Waals surface area contributed by atoms with Gasteiger partial charge in [0.15, 0.2) is 0 Å². The molecule has 1 aromatic carbocycles. The molecule has 0 aliphatic rings. The third kappa shape index (κ3) is 4.83. The Labute approximate surface area is 134 Å². The van der Waals surface area contributed by atoms with Gasteiger partial charge in [0.05, 0.1) is 0 Å². The summed E-state index contributed by atoms with van der Waals surface area (Å²) in [4.78, 5) is 4.36. The SMILES string of the molecule is Cc1cc(OCc2ccccc2Br)c(CNC(C)C)cn1. The van der Waals surface area contributed by atoms with E-state index in [1.165, 1.54) is 0 Å². The van der Waals surface area contributed by atoms with Crippen LogP contribution < -0.4 is 10.1 Å². The van der Waals surface area contributed by atoms with E-state index in [1.54, 1.807) is 0 Å². The number of benzene rings is 1. The van der Waals surface area contributed by atoms with E-state index >= 15 is 0 Å². The topological polar surface area (TPSA) is 34.1 Å². The minimum absolute atomic E-state index is 0.433. The third-order valence-corrected chi connectivity index (χ3v) is 3.90. The molecular formula is C17H21BrN2O. The number of aryl methyl sites for hydroxylation is 1. The Hall–Kier alpha value is -1.39. The van der Waals surface area contributed by atoms with Crippen LogP contribution in [-0.2, 0) is 13.2 Å². The van der Waals surface area contributed by atoms with Gasteiger partial charge in [-0.25, -0.2) is 0 Å². The fourth-order valence-electron chi connectivity index (χ4n) is 1.92. The first-order valence-electron chi connectivity index (χ1n) is 7.11. The smallest absolute Gasteiger partial charge is 0.127 e. The maximum absolute atomic E-state index is 6.01. The zero-order chi connectivity index (χ0) is 15.2.